The molecule has 0 aliphatic carbocycles. The topological polar surface area (TPSA) is 134 Å². The van der Waals surface area contributed by atoms with Crippen LogP contribution in [0.15, 0.2) is 67.5 Å². The fourth-order valence-corrected chi connectivity index (χ4v) is 7.80. The number of hydrogen-bond donors (Lipinski definition) is 4. The molecule has 0 aliphatic heterocycles. The molecule has 0 spiro atoms. The average molecular weight is 544 g/mol. The van der Waals surface area contributed by atoms with Crippen molar-refractivity contribution < 1.29 is 8.42 Å². The third-order valence-corrected chi connectivity index (χ3v) is 10.1. The highest BCUT2D eigenvalue weighted by Gasteiger charge is 2.28. The van der Waals surface area contributed by atoms with E-state index in [1.54, 1.807) is 18.4 Å². The summed E-state index contributed by atoms with van der Waals surface area (Å²) in [4.78, 5) is 5.02. The van der Waals surface area contributed by atoms with Crippen LogP contribution in [0.3, 0.4) is 0 Å². The number of benzene rings is 2. The molecular weight excluding hydrogens is 511 g/mol. The van der Waals surface area contributed by atoms with E-state index in [1.807, 2.05) is 37.3 Å². The minimum atomic E-state index is -3.98. The van der Waals surface area contributed by atoms with E-state index < -0.39 is 9.84 Å². The van der Waals surface area contributed by atoms with Gasteiger partial charge < -0.3 is 16.8 Å². The molecule has 1 heterocycles. The van der Waals surface area contributed by atoms with Crippen molar-refractivity contribution in [2.75, 3.05) is 18.1 Å². The van der Waals surface area contributed by atoms with Crippen molar-refractivity contribution in [3.63, 3.8) is 0 Å². The first-order chi connectivity index (χ1) is 17.2. The van der Waals surface area contributed by atoms with E-state index in [4.69, 9.17) is 16.9 Å². The first-order valence-corrected chi connectivity index (χ1v) is 15.3. The molecule has 36 heavy (non-hydrogen) atoms. The zero-order valence-corrected chi connectivity index (χ0v) is 23.2. The van der Waals surface area contributed by atoms with Gasteiger partial charge in [-0.1, -0.05) is 56.5 Å². The SMILES string of the molecule is CCCCCCN=C(N)Nc1ccc(-c2ccccc2C)cc1S(=O)(=O)c1cc(C(=N)N)sc1SC. The molecule has 0 unspecified atom stereocenters. The summed E-state index contributed by atoms with van der Waals surface area (Å²) in [5.74, 6) is 0.00892. The molecule has 0 radical (unpaired) electrons. The number of nitrogen functional groups attached to an aromatic ring is 1. The third kappa shape index (κ3) is 6.48. The third-order valence-electron chi connectivity index (χ3n) is 5.69. The number of aliphatic imine (C=N–C) groups is 1. The maximum atomic E-state index is 14.0. The van der Waals surface area contributed by atoms with Gasteiger partial charge >= 0.3 is 0 Å². The summed E-state index contributed by atoms with van der Waals surface area (Å²) < 4.78 is 28.6. The maximum absolute atomic E-state index is 14.0. The largest absolute Gasteiger partial charge is 0.383 e. The van der Waals surface area contributed by atoms with Gasteiger partial charge in [0, 0.05) is 6.54 Å². The van der Waals surface area contributed by atoms with Gasteiger partial charge in [-0.2, -0.15) is 0 Å². The van der Waals surface area contributed by atoms with Crippen LogP contribution in [-0.4, -0.2) is 33.0 Å². The molecule has 0 atom stereocenters. The summed E-state index contributed by atoms with van der Waals surface area (Å²) in [5, 5.41) is 10.8. The predicted molar refractivity (Wildman–Crippen MR) is 153 cm³/mol. The Morgan fingerprint density at radius 1 is 1.08 bits per heavy atom. The highest BCUT2D eigenvalue weighted by atomic mass is 32.2. The van der Waals surface area contributed by atoms with Crippen molar-refractivity contribution in [2.45, 2.75) is 53.5 Å². The number of nitrogens with one attached hydrogen (secondary N) is 2. The van der Waals surface area contributed by atoms with E-state index in [0.29, 0.717) is 21.3 Å². The number of nitrogens with two attached hydrogens (primary N) is 2. The molecule has 0 saturated heterocycles. The molecule has 0 bridgehead atoms. The van der Waals surface area contributed by atoms with Crippen molar-refractivity contribution in [2.24, 2.45) is 16.5 Å². The molecule has 1 aromatic heterocycles. The first kappa shape index (κ1) is 27.8. The number of amidine groups is 1. The van der Waals surface area contributed by atoms with E-state index in [0.717, 1.165) is 42.4 Å². The summed E-state index contributed by atoms with van der Waals surface area (Å²) in [6, 6.07) is 14.6. The summed E-state index contributed by atoms with van der Waals surface area (Å²) in [5.41, 5.74) is 14.9. The maximum Gasteiger partial charge on any atom is 0.210 e. The summed E-state index contributed by atoms with van der Waals surface area (Å²) in [6.45, 7) is 4.71. The van der Waals surface area contributed by atoms with Gasteiger partial charge in [-0.3, -0.25) is 10.4 Å². The number of sulfone groups is 1. The van der Waals surface area contributed by atoms with Crippen LogP contribution in [0.2, 0.25) is 0 Å². The number of guanidine groups is 1. The van der Waals surface area contributed by atoms with Crippen molar-refractivity contribution in [1.82, 2.24) is 0 Å². The Morgan fingerprint density at radius 3 is 2.50 bits per heavy atom. The molecule has 3 aromatic rings. The molecule has 0 fully saturated rings. The Morgan fingerprint density at radius 2 is 1.83 bits per heavy atom. The van der Waals surface area contributed by atoms with Gasteiger partial charge in [-0.25, -0.2) is 8.42 Å². The first-order valence-electron chi connectivity index (χ1n) is 11.7. The average Bonchev–Trinajstić information content (AvgIpc) is 3.30. The molecule has 0 aliphatic rings. The quantitative estimate of drug-likeness (QED) is 0.103. The van der Waals surface area contributed by atoms with Gasteiger partial charge in [0.15, 0.2) is 5.96 Å². The summed E-state index contributed by atoms with van der Waals surface area (Å²) in [6.07, 6.45) is 6.09. The van der Waals surface area contributed by atoms with Crippen LogP contribution in [0, 0.1) is 12.3 Å². The zero-order valence-electron chi connectivity index (χ0n) is 20.8. The van der Waals surface area contributed by atoms with Crippen LogP contribution in [0.4, 0.5) is 5.69 Å². The van der Waals surface area contributed by atoms with Crippen molar-refractivity contribution in [3.05, 3.63) is 59.0 Å². The number of unbranched alkanes of at least 4 members (excludes halogenated alkanes) is 3. The van der Waals surface area contributed by atoms with E-state index in [-0.39, 0.29) is 21.6 Å². The van der Waals surface area contributed by atoms with E-state index in [1.165, 1.54) is 29.2 Å². The van der Waals surface area contributed by atoms with Crippen LogP contribution in [-0.2, 0) is 9.84 Å². The number of nitrogens with zero attached hydrogens (tertiary/aromatic N) is 1. The van der Waals surface area contributed by atoms with Gasteiger partial charge in [0.2, 0.25) is 9.84 Å². The minimum Gasteiger partial charge on any atom is -0.383 e. The minimum absolute atomic E-state index is 0.0931. The second-order valence-corrected chi connectivity index (χ2v) is 12.4. The lowest BCUT2D eigenvalue weighted by Crippen LogP contribution is -2.24. The zero-order chi connectivity index (χ0) is 26.3. The lowest BCUT2D eigenvalue weighted by molar-refractivity contribution is 0.595. The predicted octanol–water partition coefficient (Wildman–Crippen LogP) is 5.87. The highest BCUT2D eigenvalue weighted by molar-refractivity contribution is 8.01. The number of hydrogen-bond acceptors (Lipinski definition) is 6. The second kappa shape index (κ2) is 12.4. The van der Waals surface area contributed by atoms with Crippen LogP contribution in [0.5, 0.6) is 0 Å². The van der Waals surface area contributed by atoms with Crippen LogP contribution in [0.25, 0.3) is 11.1 Å². The van der Waals surface area contributed by atoms with E-state index >= 15 is 0 Å². The number of thioether (sulfide) groups is 1. The molecule has 192 valence electrons. The van der Waals surface area contributed by atoms with Gasteiger partial charge in [0.1, 0.15) is 5.84 Å². The summed E-state index contributed by atoms with van der Waals surface area (Å²) in [7, 11) is -3.98. The Kier molecular flexibility index (Phi) is 9.58. The monoisotopic (exact) mass is 543 g/mol. The lowest BCUT2D eigenvalue weighted by atomic mass is 10.0. The molecule has 0 saturated carbocycles. The number of rotatable bonds is 11. The Bertz CT molecular complexity index is 1360. The van der Waals surface area contributed by atoms with Gasteiger partial charge in [0.25, 0.3) is 0 Å². The lowest BCUT2D eigenvalue weighted by Gasteiger charge is -2.15. The summed E-state index contributed by atoms with van der Waals surface area (Å²) >= 11 is 2.51. The highest BCUT2D eigenvalue weighted by Crippen LogP contribution is 2.40. The molecule has 0 amide bonds. The van der Waals surface area contributed by atoms with Crippen LogP contribution in [0.1, 0.15) is 43.0 Å². The Hall–Kier alpha value is -2.82. The van der Waals surface area contributed by atoms with Crippen molar-refractivity contribution in [3.8, 4) is 11.1 Å². The van der Waals surface area contributed by atoms with E-state index in [2.05, 4.69) is 17.2 Å². The van der Waals surface area contributed by atoms with E-state index in [9.17, 15) is 8.42 Å². The van der Waals surface area contributed by atoms with Crippen LogP contribution < -0.4 is 16.8 Å². The molecule has 7 nitrogen and oxygen atoms in total. The number of anilines is 1. The molecule has 6 N–H and O–H groups in total. The Balaban J connectivity index is 2.09. The van der Waals surface area contributed by atoms with Gasteiger partial charge in [-0.05, 0) is 54.5 Å². The Labute approximate surface area is 221 Å². The standard InChI is InChI=1S/C26H33N5O2S3/c1-4-5-6-9-14-30-26(29)31-20-13-12-18(19-11-8-7-10-17(19)2)15-22(20)36(32,33)23-16-21(24(27)28)35-25(23)34-3/h7-8,10-13,15-16H,4-6,9,14H2,1-3H3,(H3,27,28)(H3,29,30,31). The van der Waals surface area contributed by atoms with Gasteiger partial charge in [-0.15, -0.1) is 23.1 Å². The molecular formula is C26H33N5O2S3. The molecule has 3 rings (SSSR count). The second-order valence-electron chi connectivity index (χ2n) is 8.36. The fourth-order valence-electron chi connectivity index (χ4n) is 3.77. The number of thiophene rings is 1. The molecule has 2 aromatic carbocycles. The van der Waals surface area contributed by atoms with Gasteiger partial charge in [0.05, 0.1) is 24.6 Å². The fraction of sp³-hybridized carbons (Fsp3) is 0.308. The number of aryl methyl sites for hydroxylation is 1. The smallest absolute Gasteiger partial charge is 0.210 e. The van der Waals surface area contributed by atoms with Crippen molar-refractivity contribution >= 4 is 50.4 Å². The molecule has 10 heteroatoms. The van der Waals surface area contributed by atoms with Crippen molar-refractivity contribution in [1.29, 1.82) is 5.41 Å². The van der Waals surface area contributed by atoms with Crippen LogP contribution >= 0.6 is 23.1 Å². The normalized spacial score (nSPS) is 12.0.